The first-order valence-corrected chi connectivity index (χ1v) is 8.10. The van der Waals surface area contributed by atoms with Gasteiger partial charge in [-0.1, -0.05) is 6.07 Å². The van der Waals surface area contributed by atoms with Crippen molar-refractivity contribution in [2.45, 2.75) is 30.9 Å². The second-order valence-corrected chi connectivity index (χ2v) is 6.94. The molecule has 5 heteroatoms. The van der Waals surface area contributed by atoms with Crippen molar-refractivity contribution in [2.24, 2.45) is 11.7 Å². The van der Waals surface area contributed by atoms with E-state index in [0.717, 1.165) is 41.6 Å². The van der Waals surface area contributed by atoms with Crippen LogP contribution in [0.2, 0.25) is 0 Å². The summed E-state index contributed by atoms with van der Waals surface area (Å²) >= 11 is 2.16. The van der Waals surface area contributed by atoms with Gasteiger partial charge in [0, 0.05) is 29.2 Å². The molecule has 1 spiro atoms. The monoisotopic (exact) mass is 391 g/mol. The van der Waals surface area contributed by atoms with Crippen molar-refractivity contribution >= 4 is 22.6 Å². The Morgan fingerprint density at radius 3 is 2.95 bits per heavy atom. The Bertz CT molecular complexity index is 491. The first-order chi connectivity index (χ1) is 9.60. The minimum atomic E-state index is -0.210. The van der Waals surface area contributed by atoms with Crippen molar-refractivity contribution in [2.75, 3.05) is 19.8 Å². The summed E-state index contributed by atoms with van der Waals surface area (Å²) in [6.07, 6.45) is 2.84. The number of benzene rings is 1. The molecule has 1 aromatic carbocycles. The molecule has 3 nitrogen and oxygen atoms in total. The first-order valence-electron chi connectivity index (χ1n) is 7.02. The molecule has 110 valence electrons. The Balaban J connectivity index is 1.77. The SMILES string of the molecule is NC(c1ccc(F)cc1I)C1CCOC2(CCOC2)C1. The van der Waals surface area contributed by atoms with E-state index in [1.54, 1.807) is 6.07 Å². The second-order valence-electron chi connectivity index (χ2n) is 5.78. The van der Waals surface area contributed by atoms with E-state index in [1.165, 1.54) is 6.07 Å². The zero-order valence-corrected chi connectivity index (χ0v) is 13.4. The van der Waals surface area contributed by atoms with Gasteiger partial charge in [0.15, 0.2) is 0 Å². The minimum absolute atomic E-state index is 0.0659. The molecule has 2 aliphatic rings. The quantitative estimate of drug-likeness (QED) is 0.789. The van der Waals surface area contributed by atoms with Crippen LogP contribution >= 0.6 is 22.6 Å². The van der Waals surface area contributed by atoms with Gasteiger partial charge in [0.25, 0.3) is 0 Å². The molecule has 3 rings (SSSR count). The predicted molar refractivity (Wildman–Crippen MR) is 82.9 cm³/mol. The van der Waals surface area contributed by atoms with Crippen LogP contribution in [0, 0.1) is 15.3 Å². The fraction of sp³-hybridized carbons (Fsp3) is 0.600. The van der Waals surface area contributed by atoms with Gasteiger partial charge in [-0.05, 0) is 59.0 Å². The normalized spacial score (nSPS) is 31.6. The van der Waals surface area contributed by atoms with Gasteiger partial charge >= 0.3 is 0 Å². The molecule has 0 radical (unpaired) electrons. The Morgan fingerprint density at radius 1 is 1.40 bits per heavy atom. The fourth-order valence-electron chi connectivity index (χ4n) is 3.26. The van der Waals surface area contributed by atoms with Gasteiger partial charge in [0.05, 0.1) is 12.2 Å². The molecule has 2 heterocycles. The third-order valence-electron chi connectivity index (χ3n) is 4.43. The predicted octanol–water partition coefficient (Wildman–Crippen LogP) is 3.02. The number of nitrogens with two attached hydrogens (primary N) is 1. The van der Waals surface area contributed by atoms with Gasteiger partial charge in [-0.25, -0.2) is 4.39 Å². The maximum Gasteiger partial charge on any atom is 0.124 e. The average Bonchev–Trinajstić information content (AvgIpc) is 2.86. The summed E-state index contributed by atoms with van der Waals surface area (Å²) in [5, 5.41) is 0. The fourth-order valence-corrected chi connectivity index (χ4v) is 4.10. The second kappa shape index (κ2) is 5.87. The van der Waals surface area contributed by atoms with Crippen molar-refractivity contribution < 1.29 is 13.9 Å². The van der Waals surface area contributed by atoms with Gasteiger partial charge in [-0.3, -0.25) is 0 Å². The minimum Gasteiger partial charge on any atom is -0.378 e. The maximum absolute atomic E-state index is 13.2. The van der Waals surface area contributed by atoms with E-state index in [-0.39, 0.29) is 17.5 Å². The van der Waals surface area contributed by atoms with Crippen molar-refractivity contribution in [1.29, 1.82) is 0 Å². The van der Waals surface area contributed by atoms with Crippen LogP contribution in [0.25, 0.3) is 0 Å². The van der Waals surface area contributed by atoms with Crippen LogP contribution in [0.15, 0.2) is 18.2 Å². The van der Waals surface area contributed by atoms with Crippen LogP contribution in [0.1, 0.15) is 30.9 Å². The molecule has 3 unspecified atom stereocenters. The van der Waals surface area contributed by atoms with Gasteiger partial charge in [0.1, 0.15) is 5.82 Å². The van der Waals surface area contributed by atoms with Gasteiger partial charge < -0.3 is 15.2 Å². The van der Waals surface area contributed by atoms with E-state index in [1.807, 2.05) is 6.07 Å². The summed E-state index contributed by atoms with van der Waals surface area (Å²) in [5.41, 5.74) is 7.35. The number of hydrogen-bond donors (Lipinski definition) is 1. The standard InChI is InChI=1S/C15H19FINO2/c16-11-1-2-12(13(17)7-11)14(18)10-3-5-20-15(8-10)4-6-19-9-15/h1-2,7,10,14H,3-6,8-9,18H2. The zero-order chi connectivity index (χ0) is 14.2. The van der Waals surface area contributed by atoms with Crippen LogP contribution in [-0.4, -0.2) is 25.4 Å². The van der Waals surface area contributed by atoms with Gasteiger partial charge in [-0.15, -0.1) is 0 Å². The van der Waals surface area contributed by atoms with Gasteiger partial charge in [-0.2, -0.15) is 0 Å². The zero-order valence-electron chi connectivity index (χ0n) is 11.3. The Kier molecular flexibility index (Phi) is 4.31. The molecule has 2 N–H and O–H groups in total. The summed E-state index contributed by atoms with van der Waals surface area (Å²) in [4.78, 5) is 0. The molecule has 2 fully saturated rings. The molecule has 0 aromatic heterocycles. The lowest BCUT2D eigenvalue weighted by atomic mass is 9.79. The summed E-state index contributed by atoms with van der Waals surface area (Å²) in [5.74, 6) is 0.155. The van der Waals surface area contributed by atoms with E-state index in [9.17, 15) is 4.39 Å². The lowest BCUT2D eigenvalue weighted by molar-refractivity contribution is -0.101. The van der Waals surface area contributed by atoms with Crippen molar-refractivity contribution in [1.82, 2.24) is 0 Å². The molecule has 1 aromatic rings. The Hall–Kier alpha value is -0.240. The Morgan fingerprint density at radius 2 is 2.25 bits per heavy atom. The van der Waals surface area contributed by atoms with E-state index < -0.39 is 0 Å². The molecular weight excluding hydrogens is 372 g/mol. The van der Waals surface area contributed by atoms with E-state index in [4.69, 9.17) is 15.2 Å². The van der Waals surface area contributed by atoms with Crippen LogP contribution < -0.4 is 5.73 Å². The highest BCUT2D eigenvalue weighted by molar-refractivity contribution is 14.1. The summed E-state index contributed by atoms with van der Waals surface area (Å²) in [6.45, 7) is 2.19. The largest absolute Gasteiger partial charge is 0.378 e. The average molecular weight is 391 g/mol. The molecule has 0 aliphatic carbocycles. The topological polar surface area (TPSA) is 44.5 Å². The molecule has 0 amide bonds. The van der Waals surface area contributed by atoms with Gasteiger partial charge in [0.2, 0.25) is 0 Å². The van der Waals surface area contributed by atoms with Crippen LogP contribution in [0.5, 0.6) is 0 Å². The van der Waals surface area contributed by atoms with Crippen molar-refractivity contribution in [3.63, 3.8) is 0 Å². The number of ether oxygens (including phenoxy) is 2. The third kappa shape index (κ3) is 2.86. The smallest absolute Gasteiger partial charge is 0.124 e. The lowest BCUT2D eigenvalue weighted by Crippen LogP contribution is -2.43. The Labute approximate surface area is 132 Å². The molecular formula is C15H19FINO2. The van der Waals surface area contributed by atoms with Crippen LogP contribution in [0.4, 0.5) is 4.39 Å². The molecule has 2 saturated heterocycles. The van der Waals surface area contributed by atoms with Crippen molar-refractivity contribution in [3.05, 3.63) is 33.1 Å². The third-order valence-corrected chi connectivity index (χ3v) is 5.36. The van der Waals surface area contributed by atoms with Crippen molar-refractivity contribution in [3.8, 4) is 0 Å². The summed E-state index contributed by atoms with van der Waals surface area (Å²) in [6, 6.07) is 4.79. The highest BCUT2D eigenvalue weighted by atomic mass is 127. The summed E-state index contributed by atoms with van der Waals surface area (Å²) < 4.78 is 25.6. The highest BCUT2D eigenvalue weighted by Gasteiger charge is 2.42. The molecule has 20 heavy (non-hydrogen) atoms. The number of hydrogen-bond acceptors (Lipinski definition) is 3. The summed E-state index contributed by atoms with van der Waals surface area (Å²) in [7, 11) is 0. The molecule has 3 atom stereocenters. The highest BCUT2D eigenvalue weighted by Crippen LogP contribution is 2.40. The maximum atomic E-state index is 13.2. The van der Waals surface area contributed by atoms with E-state index in [0.29, 0.717) is 12.5 Å². The molecule has 2 aliphatic heterocycles. The van der Waals surface area contributed by atoms with Crippen LogP contribution in [-0.2, 0) is 9.47 Å². The van der Waals surface area contributed by atoms with E-state index in [2.05, 4.69) is 22.6 Å². The number of halogens is 2. The first kappa shape index (κ1) is 14.7. The molecule has 0 saturated carbocycles. The lowest BCUT2D eigenvalue weighted by Gasteiger charge is -2.39. The number of rotatable bonds is 2. The van der Waals surface area contributed by atoms with E-state index >= 15 is 0 Å². The molecule has 0 bridgehead atoms. The van der Waals surface area contributed by atoms with Crippen LogP contribution in [0.3, 0.4) is 0 Å².